The molecule has 3 unspecified atom stereocenters. The molecule has 3 atom stereocenters. The number of hydrogen-bond acceptors (Lipinski definition) is 4. The number of aromatic nitrogens is 2. The van der Waals surface area contributed by atoms with Gasteiger partial charge in [-0.25, -0.2) is 0 Å². The van der Waals surface area contributed by atoms with Crippen molar-refractivity contribution in [1.29, 1.82) is 0 Å². The Morgan fingerprint density at radius 1 is 1.50 bits per heavy atom. The predicted octanol–water partition coefficient (Wildman–Crippen LogP) is 2.12. The Bertz CT molecular complexity index is 337. The third-order valence-corrected chi connectivity index (χ3v) is 3.33. The maximum atomic E-state index is 5.29. The lowest BCUT2D eigenvalue weighted by Crippen LogP contribution is -2.30. The van der Waals surface area contributed by atoms with E-state index in [1.54, 1.807) is 0 Å². The van der Waals surface area contributed by atoms with Gasteiger partial charge in [-0.15, -0.1) is 0 Å². The van der Waals surface area contributed by atoms with Crippen LogP contribution in [0.1, 0.15) is 51.2 Å². The van der Waals surface area contributed by atoms with Crippen LogP contribution in [0.5, 0.6) is 0 Å². The van der Waals surface area contributed by atoms with Crippen molar-refractivity contribution < 1.29 is 4.52 Å². The topological polar surface area (TPSA) is 51.0 Å². The lowest BCUT2D eigenvalue weighted by Gasteiger charge is -2.12. The summed E-state index contributed by atoms with van der Waals surface area (Å²) in [4.78, 5) is 4.47. The minimum Gasteiger partial charge on any atom is -0.339 e. The molecular formula is C12H21N3O. The highest BCUT2D eigenvalue weighted by molar-refractivity contribution is 5.07. The molecule has 1 N–H and O–H groups in total. The number of rotatable bonds is 6. The fourth-order valence-electron chi connectivity index (χ4n) is 2.04. The third-order valence-electron chi connectivity index (χ3n) is 3.33. The van der Waals surface area contributed by atoms with E-state index >= 15 is 0 Å². The highest BCUT2D eigenvalue weighted by Gasteiger charge is 2.38. The molecule has 0 aromatic carbocycles. The molecule has 1 heterocycles. The average molecular weight is 223 g/mol. The molecule has 1 fully saturated rings. The van der Waals surface area contributed by atoms with Crippen molar-refractivity contribution in [3.63, 3.8) is 0 Å². The molecule has 1 aliphatic rings. The summed E-state index contributed by atoms with van der Waals surface area (Å²) >= 11 is 0. The van der Waals surface area contributed by atoms with E-state index in [1.807, 2.05) is 0 Å². The molecule has 16 heavy (non-hydrogen) atoms. The van der Waals surface area contributed by atoms with E-state index in [2.05, 4.69) is 36.2 Å². The monoisotopic (exact) mass is 223 g/mol. The van der Waals surface area contributed by atoms with E-state index in [0.717, 1.165) is 37.0 Å². The summed E-state index contributed by atoms with van der Waals surface area (Å²) in [6.45, 7) is 7.51. The van der Waals surface area contributed by atoms with Crippen molar-refractivity contribution in [3.05, 3.63) is 11.7 Å². The molecule has 0 amide bonds. The standard InChI is InChI=1S/C12H21N3O/c1-4-9(13-5-2)7-11-14-12(15-16-11)10-6-8(10)3/h8-10,13H,4-7H2,1-3H3. The molecule has 90 valence electrons. The van der Waals surface area contributed by atoms with Gasteiger partial charge in [0.2, 0.25) is 5.89 Å². The first-order chi connectivity index (χ1) is 7.74. The quantitative estimate of drug-likeness (QED) is 0.802. The van der Waals surface area contributed by atoms with Crippen molar-refractivity contribution in [2.24, 2.45) is 5.92 Å². The van der Waals surface area contributed by atoms with Gasteiger partial charge >= 0.3 is 0 Å². The molecule has 1 saturated carbocycles. The van der Waals surface area contributed by atoms with Crippen LogP contribution >= 0.6 is 0 Å². The second-order valence-electron chi connectivity index (χ2n) is 4.73. The van der Waals surface area contributed by atoms with E-state index in [4.69, 9.17) is 4.52 Å². The molecule has 0 saturated heterocycles. The maximum Gasteiger partial charge on any atom is 0.228 e. The van der Waals surface area contributed by atoms with E-state index in [0.29, 0.717) is 12.0 Å². The first-order valence-corrected chi connectivity index (χ1v) is 6.30. The van der Waals surface area contributed by atoms with Gasteiger partial charge in [0.25, 0.3) is 0 Å². The van der Waals surface area contributed by atoms with Gasteiger partial charge in [-0.05, 0) is 25.3 Å². The number of nitrogens with one attached hydrogen (secondary N) is 1. The summed E-state index contributed by atoms with van der Waals surface area (Å²) in [5.74, 6) is 2.98. The number of hydrogen-bond donors (Lipinski definition) is 1. The maximum absolute atomic E-state index is 5.29. The lowest BCUT2D eigenvalue weighted by molar-refractivity contribution is 0.351. The van der Waals surface area contributed by atoms with Crippen LogP contribution in [-0.2, 0) is 6.42 Å². The summed E-state index contributed by atoms with van der Waals surface area (Å²) in [5, 5.41) is 7.48. The molecule has 0 aliphatic heterocycles. The van der Waals surface area contributed by atoms with Crippen LogP contribution in [0.2, 0.25) is 0 Å². The van der Waals surface area contributed by atoms with Crippen molar-refractivity contribution in [3.8, 4) is 0 Å². The minimum atomic E-state index is 0.454. The predicted molar refractivity (Wildman–Crippen MR) is 62.3 cm³/mol. The van der Waals surface area contributed by atoms with Gasteiger partial charge in [0.1, 0.15) is 0 Å². The van der Waals surface area contributed by atoms with E-state index in [9.17, 15) is 0 Å². The van der Waals surface area contributed by atoms with Gasteiger partial charge in [0.15, 0.2) is 5.82 Å². The van der Waals surface area contributed by atoms with Gasteiger partial charge in [-0.1, -0.05) is 25.9 Å². The van der Waals surface area contributed by atoms with Crippen LogP contribution in [-0.4, -0.2) is 22.7 Å². The Kier molecular flexibility index (Phi) is 3.59. The zero-order valence-corrected chi connectivity index (χ0v) is 10.4. The largest absolute Gasteiger partial charge is 0.339 e. The van der Waals surface area contributed by atoms with Gasteiger partial charge in [-0.2, -0.15) is 4.98 Å². The Labute approximate surface area is 96.8 Å². The Hall–Kier alpha value is -0.900. The summed E-state index contributed by atoms with van der Waals surface area (Å²) in [7, 11) is 0. The van der Waals surface area contributed by atoms with Crippen LogP contribution in [0.3, 0.4) is 0 Å². The van der Waals surface area contributed by atoms with Crippen LogP contribution in [0.4, 0.5) is 0 Å². The number of likely N-dealkylation sites (N-methyl/N-ethyl adjacent to an activating group) is 1. The Morgan fingerprint density at radius 2 is 2.25 bits per heavy atom. The second-order valence-corrected chi connectivity index (χ2v) is 4.73. The summed E-state index contributed by atoms with van der Waals surface area (Å²) in [5.41, 5.74) is 0. The van der Waals surface area contributed by atoms with Crippen LogP contribution in [0.15, 0.2) is 4.52 Å². The highest BCUT2D eigenvalue weighted by atomic mass is 16.5. The fourth-order valence-corrected chi connectivity index (χ4v) is 2.04. The molecule has 0 spiro atoms. The smallest absolute Gasteiger partial charge is 0.228 e. The van der Waals surface area contributed by atoms with Crippen molar-refractivity contribution in [1.82, 2.24) is 15.5 Å². The lowest BCUT2D eigenvalue weighted by atomic mass is 10.1. The van der Waals surface area contributed by atoms with Crippen LogP contribution in [0, 0.1) is 5.92 Å². The molecule has 1 aromatic rings. The molecule has 4 heteroatoms. The van der Waals surface area contributed by atoms with Crippen molar-refractivity contribution in [2.75, 3.05) is 6.54 Å². The summed E-state index contributed by atoms with van der Waals surface area (Å²) in [6.07, 6.45) is 3.15. The Morgan fingerprint density at radius 3 is 2.81 bits per heavy atom. The average Bonchev–Trinajstić information content (AvgIpc) is 2.83. The van der Waals surface area contributed by atoms with Crippen LogP contribution < -0.4 is 5.32 Å². The molecule has 2 rings (SSSR count). The first-order valence-electron chi connectivity index (χ1n) is 6.30. The van der Waals surface area contributed by atoms with Gasteiger partial charge < -0.3 is 9.84 Å². The van der Waals surface area contributed by atoms with E-state index in [1.165, 1.54) is 6.42 Å². The summed E-state index contributed by atoms with van der Waals surface area (Å²) in [6, 6.07) is 0.454. The zero-order chi connectivity index (χ0) is 11.5. The van der Waals surface area contributed by atoms with Gasteiger partial charge in [0.05, 0.1) is 0 Å². The van der Waals surface area contributed by atoms with Gasteiger partial charge in [-0.3, -0.25) is 0 Å². The van der Waals surface area contributed by atoms with Crippen molar-refractivity contribution in [2.45, 2.75) is 52.0 Å². The third kappa shape index (κ3) is 2.61. The molecule has 1 aliphatic carbocycles. The second kappa shape index (κ2) is 4.95. The fraction of sp³-hybridized carbons (Fsp3) is 0.833. The van der Waals surface area contributed by atoms with Crippen molar-refractivity contribution >= 4 is 0 Å². The van der Waals surface area contributed by atoms with Crippen LogP contribution in [0.25, 0.3) is 0 Å². The van der Waals surface area contributed by atoms with Gasteiger partial charge in [0, 0.05) is 18.4 Å². The zero-order valence-electron chi connectivity index (χ0n) is 10.4. The summed E-state index contributed by atoms with van der Waals surface area (Å²) < 4.78 is 5.29. The molecule has 1 aromatic heterocycles. The SMILES string of the molecule is CCNC(CC)Cc1nc(C2CC2C)no1. The highest BCUT2D eigenvalue weighted by Crippen LogP contribution is 2.45. The van der Waals surface area contributed by atoms with E-state index < -0.39 is 0 Å². The molecular weight excluding hydrogens is 202 g/mol. The first kappa shape index (κ1) is 11.6. The van der Waals surface area contributed by atoms with E-state index in [-0.39, 0.29) is 0 Å². The Balaban J connectivity index is 1.91. The minimum absolute atomic E-state index is 0.454. The molecule has 0 bridgehead atoms. The number of nitrogens with zero attached hydrogens (tertiary/aromatic N) is 2. The molecule has 0 radical (unpaired) electrons. The molecule has 4 nitrogen and oxygen atoms in total. The normalized spacial score (nSPS) is 25.7.